The van der Waals surface area contributed by atoms with Gasteiger partial charge in [-0.2, -0.15) is 0 Å². The van der Waals surface area contributed by atoms with E-state index in [4.69, 9.17) is 4.42 Å². The normalized spacial score (nSPS) is 14.9. The fourth-order valence-electron chi connectivity index (χ4n) is 4.22. The van der Waals surface area contributed by atoms with Crippen molar-refractivity contribution in [2.75, 3.05) is 31.9 Å². The van der Waals surface area contributed by atoms with Crippen LogP contribution in [0, 0.1) is 0 Å². The van der Waals surface area contributed by atoms with E-state index in [2.05, 4.69) is 22.0 Å². The van der Waals surface area contributed by atoms with Crippen molar-refractivity contribution in [1.29, 1.82) is 0 Å². The van der Waals surface area contributed by atoms with Gasteiger partial charge in [-0.05, 0) is 55.4 Å². The molecule has 1 aliphatic rings. The second-order valence-electron chi connectivity index (χ2n) is 8.53. The lowest BCUT2D eigenvalue weighted by Crippen LogP contribution is -2.36. The summed E-state index contributed by atoms with van der Waals surface area (Å²) in [5.41, 5.74) is 2.65. The SMILES string of the molecule is CCSC(c1nnc(-c2ccc(CN(CCN3CCCC3)C(C)=O)cc2)o1)c1ccccc1O. The maximum absolute atomic E-state index is 12.2. The first-order valence-electron chi connectivity index (χ1n) is 11.8. The number of para-hydroxylation sites is 1. The highest BCUT2D eigenvalue weighted by Gasteiger charge is 2.24. The summed E-state index contributed by atoms with van der Waals surface area (Å²) in [6.07, 6.45) is 2.51. The van der Waals surface area contributed by atoms with Crippen molar-refractivity contribution in [1.82, 2.24) is 20.0 Å². The van der Waals surface area contributed by atoms with Crippen molar-refractivity contribution in [2.45, 2.75) is 38.5 Å². The maximum Gasteiger partial charge on any atom is 0.247 e. The van der Waals surface area contributed by atoms with Crippen molar-refractivity contribution in [3.05, 3.63) is 65.5 Å². The molecule has 1 amide bonds. The minimum atomic E-state index is -0.230. The molecule has 34 heavy (non-hydrogen) atoms. The average molecular weight is 481 g/mol. The molecular weight excluding hydrogens is 448 g/mol. The van der Waals surface area contributed by atoms with Gasteiger partial charge >= 0.3 is 0 Å². The number of amides is 1. The monoisotopic (exact) mass is 480 g/mol. The lowest BCUT2D eigenvalue weighted by Gasteiger charge is -2.24. The molecule has 1 unspecified atom stereocenters. The van der Waals surface area contributed by atoms with E-state index in [9.17, 15) is 9.90 Å². The van der Waals surface area contributed by atoms with Crippen molar-refractivity contribution in [2.24, 2.45) is 0 Å². The number of nitrogens with zero attached hydrogens (tertiary/aromatic N) is 4. The molecule has 4 rings (SSSR count). The zero-order valence-corrected chi connectivity index (χ0v) is 20.6. The number of benzene rings is 2. The Morgan fingerprint density at radius 2 is 1.88 bits per heavy atom. The Hall–Kier alpha value is -2.84. The molecule has 1 saturated heterocycles. The number of rotatable bonds is 10. The molecule has 1 aliphatic heterocycles. The molecule has 0 saturated carbocycles. The Morgan fingerprint density at radius 1 is 1.15 bits per heavy atom. The molecule has 2 aromatic carbocycles. The number of likely N-dealkylation sites (tertiary alicyclic amines) is 1. The van der Waals surface area contributed by atoms with Gasteiger partial charge < -0.3 is 19.3 Å². The van der Waals surface area contributed by atoms with Crippen LogP contribution >= 0.6 is 11.8 Å². The van der Waals surface area contributed by atoms with Crippen LogP contribution in [-0.4, -0.2) is 62.9 Å². The van der Waals surface area contributed by atoms with Gasteiger partial charge in [0.2, 0.25) is 17.7 Å². The summed E-state index contributed by atoms with van der Waals surface area (Å²) >= 11 is 1.63. The van der Waals surface area contributed by atoms with Crippen LogP contribution in [0.4, 0.5) is 0 Å². The van der Waals surface area contributed by atoms with E-state index < -0.39 is 0 Å². The summed E-state index contributed by atoms with van der Waals surface area (Å²) in [5.74, 6) is 2.06. The summed E-state index contributed by atoms with van der Waals surface area (Å²) in [5, 5.41) is 18.6. The van der Waals surface area contributed by atoms with E-state index in [1.165, 1.54) is 12.8 Å². The Kier molecular flexibility index (Phi) is 8.24. The molecule has 1 atom stereocenters. The average Bonchev–Trinajstić information content (AvgIpc) is 3.54. The minimum absolute atomic E-state index is 0.0912. The molecule has 1 fully saturated rings. The molecule has 0 aliphatic carbocycles. The van der Waals surface area contributed by atoms with Gasteiger partial charge in [-0.3, -0.25) is 4.79 Å². The van der Waals surface area contributed by atoms with Crippen molar-refractivity contribution in [3.8, 4) is 17.2 Å². The highest BCUT2D eigenvalue weighted by Crippen LogP contribution is 2.39. The fraction of sp³-hybridized carbons (Fsp3) is 0.423. The Bertz CT molecular complexity index is 1080. The maximum atomic E-state index is 12.2. The van der Waals surface area contributed by atoms with Crippen LogP contribution in [-0.2, 0) is 11.3 Å². The van der Waals surface area contributed by atoms with Gasteiger partial charge in [0.1, 0.15) is 11.0 Å². The Labute approximate surface area is 205 Å². The quantitative estimate of drug-likeness (QED) is 0.449. The summed E-state index contributed by atoms with van der Waals surface area (Å²) in [6, 6.07) is 15.2. The van der Waals surface area contributed by atoms with E-state index in [0.717, 1.165) is 48.6 Å². The third-order valence-electron chi connectivity index (χ3n) is 6.12. The van der Waals surface area contributed by atoms with Gasteiger partial charge in [-0.15, -0.1) is 22.0 Å². The number of phenols is 1. The van der Waals surface area contributed by atoms with E-state index in [0.29, 0.717) is 18.3 Å². The summed E-state index contributed by atoms with van der Waals surface area (Å²) in [4.78, 5) is 16.5. The molecule has 1 N–H and O–H groups in total. The first-order chi connectivity index (χ1) is 16.5. The molecule has 2 heterocycles. The van der Waals surface area contributed by atoms with Gasteiger partial charge in [0, 0.05) is 37.7 Å². The molecule has 7 nitrogen and oxygen atoms in total. The van der Waals surface area contributed by atoms with Gasteiger partial charge in [-0.1, -0.05) is 37.3 Å². The van der Waals surface area contributed by atoms with E-state index in [-0.39, 0.29) is 16.9 Å². The molecule has 8 heteroatoms. The first kappa shape index (κ1) is 24.3. The predicted octanol–water partition coefficient (Wildman–Crippen LogP) is 4.73. The molecular formula is C26H32N4O3S. The molecule has 1 aromatic heterocycles. The van der Waals surface area contributed by atoms with Crippen LogP contribution in [0.2, 0.25) is 0 Å². The standard InChI is InChI=1S/C26H32N4O3S/c1-3-34-24(22-8-4-5-9-23(22)32)26-28-27-25(33-26)21-12-10-20(11-13-21)18-30(19(2)31)17-16-29-14-6-7-15-29/h4-5,8-13,24,32H,3,6-7,14-18H2,1-2H3. The number of phenolic OH excluding ortho intramolecular Hbond substituents is 1. The lowest BCUT2D eigenvalue weighted by molar-refractivity contribution is -0.129. The summed E-state index contributed by atoms with van der Waals surface area (Å²) in [6.45, 7) is 8.21. The van der Waals surface area contributed by atoms with Crippen molar-refractivity contribution >= 4 is 17.7 Å². The Balaban J connectivity index is 1.44. The van der Waals surface area contributed by atoms with Crippen molar-refractivity contribution < 1.29 is 14.3 Å². The second-order valence-corrected chi connectivity index (χ2v) is 9.91. The zero-order valence-electron chi connectivity index (χ0n) is 19.8. The third-order valence-corrected chi connectivity index (χ3v) is 7.24. The van der Waals surface area contributed by atoms with Crippen molar-refractivity contribution in [3.63, 3.8) is 0 Å². The number of hydrogen-bond acceptors (Lipinski definition) is 7. The van der Waals surface area contributed by atoms with E-state index in [1.54, 1.807) is 30.8 Å². The molecule has 0 spiro atoms. The van der Waals surface area contributed by atoms with Crippen LogP contribution in [0.25, 0.3) is 11.5 Å². The molecule has 0 bridgehead atoms. The van der Waals surface area contributed by atoms with Crippen LogP contribution in [0.1, 0.15) is 49.0 Å². The molecule has 180 valence electrons. The Morgan fingerprint density at radius 3 is 2.56 bits per heavy atom. The van der Waals surface area contributed by atoms with Gasteiger partial charge in [-0.25, -0.2) is 0 Å². The number of carbonyl (C=O) groups excluding carboxylic acids is 1. The third kappa shape index (κ3) is 5.98. The van der Waals surface area contributed by atoms with Gasteiger partial charge in [0.15, 0.2) is 0 Å². The zero-order chi connectivity index (χ0) is 23.9. The second kappa shape index (κ2) is 11.5. The van der Waals surface area contributed by atoms with Gasteiger partial charge in [0.25, 0.3) is 0 Å². The van der Waals surface area contributed by atoms with Gasteiger partial charge in [0.05, 0.1) is 0 Å². The minimum Gasteiger partial charge on any atom is -0.508 e. The number of aromatic hydroxyl groups is 1. The lowest BCUT2D eigenvalue weighted by atomic mass is 10.1. The number of aromatic nitrogens is 2. The highest BCUT2D eigenvalue weighted by atomic mass is 32.2. The predicted molar refractivity (Wildman–Crippen MR) is 135 cm³/mol. The number of carbonyl (C=O) groups is 1. The van der Waals surface area contributed by atoms with Crippen LogP contribution in [0.3, 0.4) is 0 Å². The smallest absolute Gasteiger partial charge is 0.247 e. The first-order valence-corrected chi connectivity index (χ1v) is 12.9. The van der Waals surface area contributed by atoms with E-state index in [1.807, 2.05) is 41.3 Å². The topological polar surface area (TPSA) is 82.7 Å². The molecule has 3 aromatic rings. The summed E-state index contributed by atoms with van der Waals surface area (Å²) in [7, 11) is 0. The van der Waals surface area contributed by atoms with Crippen LogP contribution < -0.4 is 0 Å². The number of hydrogen-bond donors (Lipinski definition) is 1. The number of thioether (sulfide) groups is 1. The highest BCUT2D eigenvalue weighted by molar-refractivity contribution is 7.99. The van der Waals surface area contributed by atoms with Crippen LogP contribution in [0.15, 0.2) is 52.9 Å². The van der Waals surface area contributed by atoms with Crippen LogP contribution in [0.5, 0.6) is 5.75 Å². The molecule has 0 radical (unpaired) electrons. The largest absolute Gasteiger partial charge is 0.508 e. The fourth-order valence-corrected chi connectivity index (χ4v) is 5.17. The summed E-state index contributed by atoms with van der Waals surface area (Å²) < 4.78 is 6.02. The van der Waals surface area contributed by atoms with E-state index >= 15 is 0 Å².